The van der Waals surface area contributed by atoms with Crippen molar-refractivity contribution in [2.24, 2.45) is 0 Å². The molecule has 0 nitrogen and oxygen atoms in total. The second-order valence-electron chi connectivity index (χ2n) is 4.78. The fraction of sp³-hybridized carbons (Fsp3) is 0. The molecule has 0 amide bonds. The third-order valence-electron chi connectivity index (χ3n) is 3.11. The summed E-state index contributed by atoms with van der Waals surface area (Å²) in [5.74, 6) is 12.9. The SMILES string of the molecule is C(#Cc1ccc(-c2ccc(C#Cc3cccs3)s2)s1)c1cccs1. The van der Waals surface area contributed by atoms with Crippen LogP contribution in [0.2, 0.25) is 0 Å². The highest BCUT2D eigenvalue weighted by atomic mass is 32.1. The molecule has 114 valence electrons. The summed E-state index contributed by atoms with van der Waals surface area (Å²) in [5, 5.41) is 4.10. The van der Waals surface area contributed by atoms with Crippen molar-refractivity contribution in [1.82, 2.24) is 0 Å². The highest BCUT2D eigenvalue weighted by Gasteiger charge is 2.04. The normalized spacial score (nSPS) is 9.83. The Balaban J connectivity index is 1.53. The molecule has 4 aromatic heterocycles. The van der Waals surface area contributed by atoms with E-state index in [1.807, 2.05) is 35.0 Å². The van der Waals surface area contributed by atoms with Gasteiger partial charge in [0, 0.05) is 9.75 Å². The van der Waals surface area contributed by atoms with E-state index in [9.17, 15) is 0 Å². The van der Waals surface area contributed by atoms with E-state index in [2.05, 4.69) is 47.9 Å². The lowest BCUT2D eigenvalue weighted by molar-refractivity contribution is 1.87. The second kappa shape index (κ2) is 7.21. The monoisotopic (exact) mass is 378 g/mol. The van der Waals surface area contributed by atoms with Gasteiger partial charge in [-0.25, -0.2) is 0 Å². The van der Waals surface area contributed by atoms with E-state index >= 15 is 0 Å². The number of hydrogen-bond donors (Lipinski definition) is 0. The van der Waals surface area contributed by atoms with Gasteiger partial charge in [0.05, 0.1) is 19.5 Å². The van der Waals surface area contributed by atoms with Gasteiger partial charge in [-0.2, -0.15) is 0 Å². The summed E-state index contributed by atoms with van der Waals surface area (Å²) < 4.78 is 0. The fourth-order valence-corrected chi connectivity index (χ4v) is 4.97. The maximum absolute atomic E-state index is 3.24. The van der Waals surface area contributed by atoms with Gasteiger partial charge in [0.25, 0.3) is 0 Å². The van der Waals surface area contributed by atoms with Crippen molar-refractivity contribution in [1.29, 1.82) is 0 Å². The Morgan fingerprint density at radius 1 is 0.500 bits per heavy atom. The maximum Gasteiger partial charge on any atom is 0.0779 e. The van der Waals surface area contributed by atoms with E-state index < -0.39 is 0 Å². The number of hydrogen-bond acceptors (Lipinski definition) is 4. The second-order valence-corrected chi connectivity index (χ2v) is 8.85. The smallest absolute Gasteiger partial charge is 0.0779 e. The molecule has 0 saturated carbocycles. The van der Waals surface area contributed by atoms with E-state index in [0.717, 1.165) is 19.5 Å². The molecule has 0 aromatic carbocycles. The highest BCUT2D eigenvalue weighted by molar-refractivity contribution is 7.22. The maximum atomic E-state index is 3.24. The van der Waals surface area contributed by atoms with Crippen LogP contribution in [0.15, 0.2) is 59.3 Å². The molecule has 0 unspecified atom stereocenters. The summed E-state index contributed by atoms with van der Waals surface area (Å²) >= 11 is 6.81. The topological polar surface area (TPSA) is 0 Å². The van der Waals surface area contributed by atoms with Crippen molar-refractivity contribution in [2.75, 3.05) is 0 Å². The van der Waals surface area contributed by atoms with Gasteiger partial charge >= 0.3 is 0 Å². The molecule has 0 saturated heterocycles. The number of thiophene rings is 4. The highest BCUT2D eigenvalue weighted by Crippen LogP contribution is 2.33. The summed E-state index contributed by atoms with van der Waals surface area (Å²) in [6, 6.07) is 16.6. The molecule has 24 heavy (non-hydrogen) atoms. The van der Waals surface area contributed by atoms with Crippen LogP contribution in [0.4, 0.5) is 0 Å². The van der Waals surface area contributed by atoms with Crippen LogP contribution < -0.4 is 0 Å². The first kappa shape index (κ1) is 15.4. The Hall–Kier alpha value is -2.08. The molecule has 0 N–H and O–H groups in total. The Morgan fingerprint density at radius 3 is 1.38 bits per heavy atom. The Bertz CT molecular complexity index is 964. The van der Waals surface area contributed by atoms with Gasteiger partial charge in [-0.3, -0.25) is 0 Å². The minimum Gasteiger partial charge on any atom is -0.135 e. The van der Waals surface area contributed by atoms with Crippen LogP contribution >= 0.6 is 45.3 Å². The molecule has 0 spiro atoms. The van der Waals surface area contributed by atoms with E-state index in [0.29, 0.717) is 0 Å². The first-order valence-corrected chi connectivity index (χ1v) is 10.6. The molecule has 4 heterocycles. The zero-order valence-corrected chi connectivity index (χ0v) is 15.7. The van der Waals surface area contributed by atoms with Gasteiger partial charge in [-0.05, 0) is 70.8 Å². The third-order valence-corrected chi connectivity index (χ3v) is 6.88. The largest absolute Gasteiger partial charge is 0.135 e. The molecule has 4 rings (SSSR count). The minimum absolute atomic E-state index is 1.10. The quantitative estimate of drug-likeness (QED) is 0.336. The molecule has 0 atom stereocenters. The lowest BCUT2D eigenvalue weighted by Gasteiger charge is -1.87. The van der Waals surface area contributed by atoms with Gasteiger partial charge in [-0.15, -0.1) is 45.3 Å². The number of rotatable bonds is 1. The standard InChI is InChI=1S/C20H10S4/c1-3-15(21-13-1)5-7-17-9-11-19(23-17)20-12-10-18(24-20)8-6-16-4-2-14-22-16/h1-4,9-14H. The Morgan fingerprint density at radius 2 is 0.958 bits per heavy atom. The average Bonchev–Trinajstić information content (AvgIpc) is 3.40. The summed E-state index contributed by atoms with van der Waals surface area (Å²) in [4.78, 5) is 6.90. The first-order chi connectivity index (χ1) is 11.9. The van der Waals surface area contributed by atoms with Crippen LogP contribution in [0.3, 0.4) is 0 Å². The van der Waals surface area contributed by atoms with Crippen molar-refractivity contribution >= 4 is 45.3 Å². The van der Waals surface area contributed by atoms with Crippen LogP contribution in [0.1, 0.15) is 19.5 Å². The molecule has 0 radical (unpaired) electrons. The van der Waals surface area contributed by atoms with Crippen molar-refractivity contribution in [3.63, 3.8) is 0 Å². The summed E-state index contributed by atoms with van der Waals surface area (Å²) in [5.41, 5.74) is 0. The predicted octanol–water partition coefficient (Wildman–Crippen LogP) is 6.40. The molecular weight excluding hydrogens is 368 g/mol. The van der Waals surface area contributed by atoms with Crippen LogP contribution in [0, 0.1) is 23.7 Å². The van der Waals surface area contributed by atoms with Crippen molar-refractivity contribution in [2.45, 2.75) is 0 Å². The molecular formula is C20H10S4. The lowest BCUT2D eigenvalue weighted by Crippen LogP contribution is -1.62. The molecule has 4 aromatic rings. The molecule has 0 aliphatic rings. The third kappa shape index (κ3) is 3.70. The summed E-state index contributed by atoms with van der Waals surface area (Å²) in [6.07, 6.45) is 0. The van der Waals surface area contributed by atoms with Crippen LogP contribution in [-0.2, 0) is 0 Å². The fourth-order valence-electron chi connectivity index (χ4n) is 2.02. The molecule has 0 fully saturated rings. The van der Waals surface area contributed by atoms with E-state index in [-0.39, 0.29) is 0 Å². The molecule has 0 aliphatic carbocycles. The lowest BCUT2D eigenvalue weighted by atomic mass is 10.3. The van der Waals surface area contributed by atoms with Gasteiger partial charge in [0.2, 0.25) is 0 Å². The molecule has 0 aliphatic heterocycles. The van der Waals surface area contributed by atoms with Crippen molar-refractivity contribution < 1.29 is 0 Å². The average molecular weight is 379 g/mol. The van der Waals surface area contributed by atoms with Gasteiger partial charge < -0.3 is 0 Å². The first-order valence-electron chi connectivity index (χ1n) is 7.18. The van der Waals surface area contributed by atoms with Gasteiger partial charge in [0.15, 0.2) is 0 Å². The Labute approximate surface area is 157 Å². The zero-order chi connectivity index (χ0) is 16.2. The van der Waals surface area contributed by atoms with Crippen LogP contribution in [-0.4, -0.2) is 0 Å². The van der Waals surface area contributed by atoms with Crippen LogP contribution in [0.25, 0.3) is 9.75 Å². The van der Waals surface area contributed by atoms with Gasteiger partial charge in [-0.1, -0.05) is 12.1 Å². The van der Waals surface area contributed by atoms with Gasteiger partial charge in [0.1, 0.15) is 0 Å². The molecule has 4 heteroatoms. The van der Waals surface area contributed by atoms with Crippen molar-refractivity contribution in [3.05, 3.63) is 78.8 Å². The van der Waals surface area contributed by atoms with Crippen molar-refractivity contribution in [3.8, 4) is 33.4 Å². The summed E-state index contributed by atoms with van der Waals surface area (Å²) in [7, 11) is 0. The van der Waals surface area contributed by atoms with E-state index in [1.54, 1.807) is 45.3 Å². The van der Waals surface area contributed by atoms with E-state index in [4.69, 9.17) is 0 Å². The minimum atomic E-state index is 1.10. The van der Waals surface area contributed by atoms with Crippen LogP contribution in [0.5, 0.6) is 0 Å². The zero-order valence-electron chi connectivity index (χ0n) is 12.4. The summed E-state index contributed by atoms with van der Waals surface area (Å²) in [6.45, 7) is 0. The Kier molecular flexibility index (Phi) is 4.64. The van der Waals surface area contributed by atoms with E-state index in [1.165, 1.54) is 9.75 Å². The predicted molar refractivity (Wildman–Crippen MR) is 108 cm³/mol. The molecule has 0 bridgehead atoms.